The highest BCUT2D eigenvalue weighted by atomic mass is 16.3. The molecule has 252 valence electrons. The maximum absolute atomic E-state index is 10.2. The van der Waals surface area contributed by atoms with E-state index in [1.807, 2.05) is 0 Å². The number of furan rings is 1. The summed E-state index contributed by atoms with van der Waals surface area (Å²) in [6.07, 6.45) is 0. The van der Waals surface area contributed by atoms with Crippen molar-refractivity contribution in [3.63, 3.8) is 0 Å². The molecule has 0 spiro atoms. The zero-order valence-corrected chi connectivity index (χ0v) is 27.3. The second-order valence-electron chi connectivity index (χ2n) is 12.2. The van der Waals surface area contributed by atoms with Crippen LogP contribution in [0.2, 0.25) is 0 Å². The Morgan fingerprint density at radius 1 is 0.509 bits per heavy atom. The van der Waals surface area contributed by atoms with Crippen LogP contribution in [0.3, 0.4) is 0 Å². The van der Waals surface area contributed by atoms with Crippen LogP contribution in [0.4, 0.5) is 17.1 Å². The van der Waals surface area contributed by atoms with E-state index < -0.39 is 190 Å². The van der Waals surface area contributed by atoms with Crippen molar-refractivity contribution in [1.82, 2.24) is 0 Å². The van der Waals surface area contributed by atoms with Crippen molar-refractivity contribution in [2.45, 2.75) is 19.1 Å². The minimum absolute atomic E-state index is 0.114. The molecule has 2 nitrogen and oxygen atoms in total. The number of benzene rings is 8. The second-order valence-corrected chi connectivity index (χ2v) is 12.2. The summed E-state index contributed by atoms with van der Waals surface area (Å²) in [5.41, 5.74) is -9.62. The topological polar surface area (TPSA) is 16.4 Å². The van der Waals surface area contributed by atoms with E-state index in [2.05, 4.69) is 0 Å². The molecular weight excluding hydrogens is 643 g/mol. The highest BCUT2D eigenvalue weighted by Gasteiger charge is 2.36. The molecule has 9 aromatic rings. The molecule has 1 aromatic heterocycles. The van der Waals surface area contributed by atoms with E-state index in [9.17, 15) is 8.22 Å². The van der Waals surface area contributed by atoms with Crippen molar-refractivity contribution >= 4 is 39.0 Å². The van der Waals surface area contributed by atoms with Crippen molar-refractivity contribution in [1.29, 1.82) is 0 Å². The van der Waals surface area contributed by atoms with E-state index in [-0.39, 0.29) is 22.2 Å². The first-order valence-corrected chi connectivity index (χ1v) is 16.3. The molecule has 53 heavy (non-hydrogen) atoms. The monoisotopic (exact) mass is 704 g/mol. The Morgan fingerprint density at radius 3 is 1.98 bits per heavy atom. The van der Waals surface area contributed by atoms with Gasteiger partial charge in [-0.1, -0.05) is 159 Å². The van der Waals surface area contributed by atoms with Gasteiger partial charge in [0.05, 0.1) is 37.1 Å². The molecule has 1 aliphatic carbocycles. The summed E-state index contributed by atoms with van der Waals surface area (Å²) >= 11 is 0. The smallest absolute Gasteiger partial charge is 0.145 e. The Hall–Kier alpha value is -6.64. The predicted molar refractivity (Wildman–Crippen MR) is 222 cm³/mol. The maximum Gasteiger partial charge on any atom is 0.145 e. The van der Waals surface area contributed by atoms with E-state index in [4.69, 9.17) is 30.5 Å². The Labute approximate surface area is 345 Å². The standard InChI is InChI=1S/C51H37NO/c1-51(2)45-19-11-9-17-42(45)43-30-29-40(33-46(43)51)52(39-27-25-37(26-28-39)36-23-21-35(22-24-36)34-13-5-3-6-14-34)47-32-31-41(38-15-7-4-8-16-38)50-49(47)44-18-10-12-20-48(44)53-50/h3-33H,1-2H3/i1D3,2D3,3D,5D,6D,9D,11D,13D,14D,17D,19D,21D,22D,23D,24D,25D,26D,27D,29D,30D,33D. The number of rotatable bonds is 6. The van der Waals surface area contributed by atoms with Crippen LogP contribution in [0.15, 0.2) is 192 Å². The molecule has 1 heterocycles. The van der Waals surface area contributed by atoms with Crippen LogP contribution in [0.1, 0.15) is 59.1 Å². The molecule has 0 atom stereocenters. The lowest BCUT2D eigenvalue weighted by atomic mass is 9.82. The fraction of sp³-hybridized carbons (Fsp3) is 0.0588. The minimum atomic E-state index is -3.80. The summed E-state index contributed by atoms with van der Waals surface area (Å²) in [7, 11) is 0. The summed E-state index contributed by atoms with van der Waals surface area (Å²) < 4.78 is 232. The zero-order chi connectivity index (χ0) is 57.1. The molecule has 1 aliphatic rings. The average molecular weight is 705 g/mol. The van der Waals surface area contributed by atoms with Crippen molar-refractivity contribution in [3.05, 3.63) is 199 Å². The van der Waals surface area contributed by atoms with Crippen LogP contribution in [0, 0.1) is 0 Å². The number of hydrogen-bond acceptors (Lipinski definition) is 2. The third kappa shape index (κ3) is 5.10. The molecule has 0 fully saturated rings. The van der Waals surface area contributed by atoms with Crippen molar-refractivity contribution in [2.75, 3.05) is 4.90 Å². The van der Waals surface area contributed by atoms with Crippen LogP contribution >= 0.6 is 0 Å². The zero-order valence-electron chi connectivity index (χ0n) is 52.3. The molecule has 0 radical (unpaired) electrons. The highest BCUT2D eigenvalue weighted by Crippen LogP contribution is 2.52. The summed E-state index contributed by atoms with van der Waals surface area (Å²) in [4.78, 5) is 0.975. The van der Waals surface area contributed by atoms with Gasteiger partial charge in [-0.2, -0.15) is 0 Å². The van der Waals surface area contributed by atoms with Gasteiger partial charge in [0.25, 0.3) is 0 Å². The van der Waals surface area contributed by atoms with Gasteiger partial charge in [-0.25, -0.2) is 0 Å². The number of fused-ring (bicyclic) bond motifs is 6. The molecule has 0 aliphatic heterocycles. The number of nitrogens with zero attached hydrogens (tertiary/aromatic N) is 1. The van der Waals surface area contributed by atoms with Gasteiger partial charge in [0.1, 0.15) is 11.2 Å². The van der Waals surface area contributed by atoms with Crippen LogP contribution in [0.25, 0.3) is 66.4 Å². The molecule has 0 bridgehead atoms. The van der Waals surface area contributed by atoms with Crippen LogP contribution in [-0.4, -0.2) is 0 Å². The number of anilines is 3. The normalized spacial score (nSPS) is 20.0. The molecule has 2 heteroatoms. The molecule has 0 unspecified atom stereocenters. The fourth-order valence-corrected chi connectivity index (χ4v) is 6.63. The number of hydrogen-bond donors (Lipinski definition) is 0. The lowest BCUT2D eigenvalue weighted by molar-refractivity contribution is 0.660. The summed E-state index contributed by atoms with van der Waals surface area (Å²) in [6, 6.07) is 1.89. The van der Waals surface area contributed by atoms with Crippen molar-refractivity contribution < 1.29 is 38.7 Å². The summed E-state index contributed by atoms with van der Waals surface area (Å²) in [5.74, 6) is 0. The van der Waals surface area contributed by atoms with Gasteiger partial charge in [-0.05, 0) is 92.5 Å². The van der Waals surface area contributed by atoms with Gasteiger partial charge >= 0.3 is 0 Å². The Balaban J connectivity index is 1.36. The van der Waals surface area contributed by atoms with Gasteiger partial charge in [-0.3, -0.25) is 0 Å². The second kappa shape index (κ2) is 12.3. The van der Waals surface area contributed by atoms with E-state index >= 15 is 0 Å². The quantitative estimate of drug-likeness (QED) is 0.171. The van der Waals surface area contributed by atoms with Crippen molar-refractivity contribution in [2.24, 2.45) is 0 Å². The van der Waals surface area contributed by atoms with Gasteiger partial charge in [0, 0.05) is 36.0 Å². The van der Waals surface area contributed by atoms with E-state index in [0.717, 1.165) is 11.0 Å². The summed E-state index contributed by atoms with van der Waals surface area (Å²) in [6.45, 7) is -7.60. The first-order valence-electron chi connectivity index (χ1n) is 28.8. The number of para-hydroxylation sites is 1. The third-order valence-electron chi connectivity index (χ3n) is 9.07. The van der Waals surface area contributed by atoms with E-state index in [1.165, 1.54) is 6.07 Å². The van der Waals surface area contributed by atoms with Crippen LogP contribution in [0.5, 0.6) is 0 Å². The Morgan fingerprint density at radius 2 is 1.17 bits per heavy atom. The Bertz CT molecular complexity index is 4050. The lowest BCUT2D eigenvalue weighted by Gasteiger charge is -2.29. The molecule has 0 saturated carbocycles. The molecular formula is C51H37NO. The van der Waals surface area contributed by atoms with Crippen LogP contribution < -0.4 is 4.90 Å². The Kier molecular flexibility index (Phi) is 3.41. The van der Waals surface area contributed by atoms with Crippen LogP contribution in [-0.2, 0) is 5.41 Å². The first-order chi connectivity index (χ1) is 36.5. The molecule has 0 saturated heterocycles. The molecule has 8 aromatic carbocycles. The minimum Gasteiger partial charge on any atom is -0.455 e. The third-order valence-corrected chi connectivity index (χ3v) is 9.07. The predicted octanol–water partition coefficient (Wildman–Crippen LogP) is 14.4. The SMILES string of the molecule is [2H]c1cc(N(c2c([2H])c([2H])c3c(c2[2H])C(C([2H])([2H])[2H])(C([2H])([2H])[2H])c2c([2H])c([2H])c([2H])c([2H])c2-3)c2ccc(-c3ccccc3)c3oc4ccccc4c23)c([2H])c([2H])c1-c1c([2H])c([2H])c(-c2c([2H])c([2H])c([2H])c([2H])c2[2H])c([2H])c1[2H]. The van der Waals surface area contributed by atoms with Gasteiger partial charge in [-0.15, -0.1) is 0 Å². The fourth-order valence-electron chi connectivity index (χ4n) is 6.63. The molecule has 0 amide bonds. The van der Waals surface area contributed by atoms with E-state index in [1.54, 1.807) is 60.7 Å². The first kappa shape index (κ1) is 14.8. The molecule has 0 N–H and O–H groups in total. The molecule has 10 rings (SSSR count). The van der Waals surface area contributed by atoms with Gasteiger partial charge in [0.2, 0.25) is 0 Å². The highest BCUT2D eigenvalue weighted by molar-refractivity contribution is 6.17. The average Bonchev–Trinajstić information content (AvgIpc) is 4.19. The lowest BCUT2D eigenvalue weighted by Crippen LogP contribution is -2.16. The van der Waals surface area contributed by atoms with Gasteiger partial charge in [0.15, 0.2) is 0 Å². The van der Waals surface area contributed by atoms with Gasteiger partial charge < -0.3 is 9.32 Å². The van der Waals surface area contributed by atoms with Crippen molar-refractivity contribution in [3.8, 4) is 44.5 Å². The maximum atomic E-state index is 10.2. The largest absolute Gasteiger partial charge is 0.455 e. The summed E-state index contributed by atoms with van der Waals surface area (Å²) in [5, 5.41) is 0.553. The van der Waals surface area contributed by atoms with E-state index in [0.29, 0.717) is 16.5 Å².